The molecule has 1 aromatic rings. The number of carboxylic acid groups (broad SMARTS) is 1. The summed E-state index contributed by atoms with van der Waals surface area (Å²) in [6.45, 7) is 2.33. The van der Waals surface area contributed by atoms with Crippen molar-refractivity contribution in [1.82, 2.24) is 9.62 Å². The molecule has 1 aromatic heterocycles. The van der Waals surface area contributed by atoms with Crippen molar-refractivity contribution in [2.24, 2.45) is 0 Å². The van der Waals surface area contributed by atoms with Crippen LogP contribution >= 0.6 is 11.3 Å². The maximum Gasteiger partial charge on any atom is 0.490 e. The van der Waals surface area contributed by atoms with E-state index in [1.54, 1.807) is 11.3 Å². The predicted molar refractivity (Wildman–Crippen MR) is 92.9 cm³/mol. The van der Waals surface area contributed by atoms with Crippen molar-refractivity contribution in [3.05, 3.63) is 22.4 Å². The number of rotatable bonds is 4. The molecule has 0 bridgehead atoms. The van der Waals surface area contributed by atoms with E-state index >= 15 is 0 Å². The average molecular weight is 430 g/mol. The van der Waals surface area contributed by atoms with E-state index in [-0.39, 0.29) is 12.1 Å². The fourth-order valence-electron chi connectivity index (χ4n) is 3.22. The lowest BCUT2D eigenvalue weighted by Gasteiger charge is -2.32. The first kappa shape index (κ1) is 22.1. The van der Waals surface area contributed by atoms with Crippen LogP contribution in [0.5, 0.6) is 0 Å². The fourth-order valence-corrected chi connectivity index (χ4v) is 4.71. The number of likely N-dealkylation sites (tertiary alicyclic amines) is 1. The molecule has 3 rings (SSSR count). The van der Waals surface area contributed by atoms with Crippen LogP contribution in [0.25, 0.3) is 0 Å². The van der Waals surface area contributed by atoms with Crippen molar-refractivity contribution >= 4 is 27.3 Å². The zero-order valence-corrected chi connectivity index (χ0v) is 16.1. The van der Waals surface area contributed by atoms with Crippen molar-refractivity contribution in [2.45, 2.75) is 43.8 Å². The van der Waals surface area contributed by atoms with E-state index in [9.17, 15) is 21.6 Å². The van der Waals surface area contributed by atoms with Gasteiger partial charge in [0.25, 0.3) is 0 Å². The van der Waals surface area contributed by atoms with Crippen molar-refractivity contribution < 1.29 is 36.2 Å². The van der Waals surface area contributed by atoms with Crippen LogP contribution in [0.15, 0.2) is 17.5 Å². The molecule has 0 saturated carbocycles. The second kappa shape index (κ2) is 8.86. The summed E-state index contributed by atoms with van der Waals surface area (Å²) in [5.74, 6) is -2.76. The maximum absolute atomic E-state index is 11.5. The van der Waals surface area contributed by atoms with Gasteiger partial charge in [0.15, 0.2) is 0 Å². The summed E-state index contributed by atoms with van der Waals surface area (Å²) in [7, 11) is -3.20. The number of nitrogens with one attached hydrogen (secondary N) is 1. The summed E-state index contributed by atoms with van der Waals surface area (Å²) in [6, 6.07) is 4.37. The van der Waals surface area contributed by atoms with E-state index < -0.39 is 22.2 Å². The van der Waals surface area contributed by atoms with Gasteiger partial charge < -0.3 is 9.84 Å². The molecule has 0 aliphatic carbocycles. The summed E-state index contributed by atoms with van der Waals surface area (Å²) in [5.41, 5.74) is 0. The maximum atomic E-state index is 11.5. The Hall–Kier alpha value is -1.21. The van der Waals surface area contributed by atoms with Gasteiger partial charge in [0.1, 0.15) is 0 Å². The molecule has 2 aliphatic heterocycles. The predicted octanol–water partition coefficient (Wildman–Crippen LogP) is 1.66. The highest BCUT2D eigenvalue weighted by Crippen LogP contribution is 2.31. The first-order valence-corrected chi connectivity index (χ1v) is 10.9. The summed E-state index contributed by atoms with van der Waals surface area (Å²) in [5, 5.41) is 9.20. The summed E-state index contributed by atoms with van der Waals surface area (Å²) in [6.07, 6.45) is -1.75. The number of aliphatic carboxylic acids is 1. The Balaban J connectivity index is 0.000000321. The second-order valence-electron chi connectivity index (χ2n) is 6.35. The quantitative estimate of drug-likeness (QED) is 0.755. The van der Waals surface area contributed by atoms with Crippen LogP contribution < -0.4 is 4.72 Å². The lowest BCUT2D eigenvalue weighted by Crippen LogP contribution is -2.47. The van der Waals surface area contributed by atoms with Crippen molar-refractivity contribution in [2.75, 3.05) is 19.4 Å². The molecule has 0 amide bonds. The first-order chi connectivity index (χ1) is 12.5. The van der Waals surface area contributed by atoms with Crippen LogP contribution in [-0.2, 0) is 26.1 Å². The molecule has 2 saturated heterocycles. The zero-order valence-electron chi connectivity index (χ0n) is 14.5. The van der Waals surface area contributed by atoms with Gasteiger partial charge in [-0.1, -0.05) is 6.07 Å². The van der Waals surface area contributed by atoms with E-state index in [2.05, 4.69) is 27.1 Å². The van der Waals surface area contributed by atoms with E-state index in [0.29, 0.717) is 6.04 Å². The van der Waals surface area contributed by atoms with Crippen LogP contribution in [0, 0.1) is 0 Å². The lowest BCUT2D eigenvalue weighted by atomic mass is 10.0. The molecule has 12 heteroatoms. The van der Waals surface area contributed by atoms with Crippen LogP contribution in [0.2, 0.25) is 0 Å². The number of fused-ring (bicyclic) bond motifs is 1. The molecule has 0 unspecified atom stereocenters. The number of halogens is 3. The molecule has 0 spiro atoms. The van der Waals surface area contributed by atoms with E-state index in [1.165, 1.54) is 11.1 Å². The van der Waals surface area contributed by atoms with Gasteiger partial charge in [-0.2, -0.15) is 13.2 Å². The molecule has 0 radical (unpaired) electrons. The van der Waals surface area contributed by atoms with Crippen molar-refractivity contribution in [3.8, 4) is 0 Å². The monoisotopic (exact) mass is 430 g/mol. The van der Waals surface area contributed by atoms with E-state index in [1.807, 2.05) is 0 Å². The lowest BCUT2D eigenvalue weighted by molar-refractivity contribution is -0.192. The van der Waals surface area contributed by atoms with Gasteiger partial charge in [-0.3, -0.25) is 4.90 Å². The third-order valence-electron chi connectivity index (χ3n) is 4.18. The number of alkyl halides is 3. The molecule has 7 nitrogen and oxygen atoms in total. The van der Waals surface area contributed by atoms with Crippen molar-refractivity contribution in [1.29, 1.82) is 0 Å². The number of hydrogen-bond donors (Lipinski definition) is 2. The Bertz CT molecular complexity index is 724. The minimum atomic E-state index is -5.08. The third-order valence-corrected chi connectivity index (χ3v) is 5.77. The van der Waals surface area contributed by atoms with E-state index in [4.69, 9.17) is 14.6 Å². The van der Waals surface area contributed by atoms with Crippen molar-refractivity contribution in [3.63, 3.8) is 0 Å². The normalized spacial score (nSPS) is 26.1. The fraction of sp³-hybridized carbons (Fsp3) is 0.667. The first-order valence-electron chi connectivity index (χ1n) is 8.13. The standard InChI is InChI=1S/C13H20N2O3S2.C2HF3O2/c1-20(16,17)14-11-9-15(8-10-4-3-7-19-10)12-5-2-6-18-13(11)12;3-2(4,5)1(6)7/h3-4,7,11-14H,2,5-6,8-9H2,1H3;(H,6,7)/t11-,12-,13-;/m1./s1. The Morgan fingerprint density at radius 1 is 1.48 bits per heavy atom. The van der Waals surface area contributed by atoms with Crippen LogP contribution in [-0.4, -0.2) is 68.2 Å². The smallest absolute Gasteiger partial charge is 0.475 e. The number of carbonyl (C=O) groups is 1. The van der Waals surface area contributed by atoms with Crippen LogP contribution in [0.1, 0.15) is 17.7 Å². The molecular formula is C15H21F3N2O5S2. The highest BCUT2D eigenvalue weighted by atomic mass is 32.2. The van der Waals surface area contributed by atoms with Gasteiger partial charge in [0, 0.05) is 30.6 Å². The van der Waals surface area contributed by atoms with Gasteiger partial charge >= 0.3 is 12.1 Å². The summed E-state index contributed by atoms with van der Waals surface area (Å²) in [4.78, 5) is 12.6. The minimum absolute atomic E-state index is 0.0153. The summed E-state index contributed by atoms with van der Waals surface area (Å²) >= 11 is 1.74. The molecule has 3 heterocycles. The number of thiophene rings is 1. The molecule has 0 aromatic carbocycles. The Kier molecular flexibility index (Phi) is 7.25. The third kappa shape index (κ3) is 6.71. The number of carboxylic acids is 1. The number of hydrogen-bond acceptors (Lipinski definition) is 6. The molecule has 27 heavy (non-hydrogen) atoms. The molecule has 2 fully saturated rings. The molecule has 154 valence electrons. The second-order valence-corrected chi connectivity index (χ2v) is 9.17. The van der Waals surface area contributed by atoms with Gasteiger partial charge in [-0.05, 0) is 24.3 Å². The highest BCUT2D eigenvalue weighted by Gasteiger charge is 2.44. The number of ether oxygens (including phenoxy) is 1. The number of nitrogens with zero attached hydrogens (tertiary/aromatic N) is 1. The van der Waals surface area contributed by atoms with Gasteiger partial charge in [0.05, 0.1) is 18.4 Å². The van der Waals surface area contributed by atoms with Crippen LogP contribution in [0.3, 0.4) is 0 Å². The minimum Gasteiger partial charge on any atom is -0.475 e. The molecule has 3 atom stereocenters. The van der Waals surface area contributed by atoms with Gasteiger partial charge in [-0.25, -0.2) is 17.9 Å². The zero-order chi connectivity index (χ0) is 20.2. The Morgan fingerprint density at radius 3 is 2.67 bits per heavy atom. The number of sulfonamides is 1. The molecule has 2 aliphatic rings. The average Bonchev–Trinajstić information content (AvgIpc) is 3.15. The molecule has 2 N–H and O–H groups in total. The Labute approximate surface area is 159 Å². The molecular weight excluding hydrogens is 409 g/mol. The van der Waals surface area contributed by atoms with E-state index in [0.717, 1.165) is 32.5 Å². The SMILES string of the molecule is CS(=O)(=O)N[C@@H]1CN(Cc2cccs2)[C@@H]2CCCO[C@@H]21.O=C(O)C(F)(F)F. The Morgan fingerprint density at radius 2 is 2.15 bits per heavy atom. The summed E-state index contributed by atoms with van der Waals surface area (Å²) < 4.78 is 63.3. The van der Waals surface area contributed by atoms with Gasteiger partial charge in [-0.15, -0.1) is 11.3 Å². The topological polar surface area (TPSA) is 95.9 Å². The van der Waals surface area contributed by atoms with Gasteiger partial charge in [0.2, 0.25) is 10.0 Å². The largest absolute Gasteiger partial charge is 0.490 e. The highest BCUT2D eigenvalue weighted by molar-refractivity contribution is 7.88. The van der Waals surface area contributed by atoms with Crippen LogP contribution in [0.4, 0.5) is 13.2 Å².